The summed E-state index contributed by atoms with van der Waals surface area (Å²) in [5.41, 5.74) is 1.66. The normalized spacial score (nSPS) is 15.0. The van der Waals surface area contributed by atoms with Gasteiger partial charge >= 0.3 is 0 Å². The molecule has 1 aliphatic heterocycles. The summed E-state index contributed by atoms with van der Waals surface area (Å²) in [6.07, 6.45) is 1.57. The minimum absolute atomic E-state index is 0.197. The van der Waals surface area contributed by atoms with Gasteiger partial charge in [-0.2, -0.15) is 0 Å². The SMILES string of the molecule is CNC(=O)c1ncc(COc2ccc(F)cc2)c2c1OC(C)(C)OC2. The molecule has 1 aromatic heterocycles. The quantitative estimate of drug-likeness (QED) is 0.922. The van der Waals surface area contributed by atoms with Crippen LogP contribution in [0.3, 0.4) is 0 Å². The molecule has 2 heterocycles. The number of hydrogen-bond donors (Lipinski definition) is 1. The maximum absolute atomic E-state index is 13.0. The number of benzene rings is 1. The van der Waals surface area contributed by atoms with Crippen LogP contribution >= 0.6 is 0 Å². The highest BCUT2D eigenvalue weighted by atomic mass is 19.1. The molecule has 1 amide bonds. The van der Waals surface area contributed by atoms with E-state index in [1.54, 1.807) is 32.2 Å². The largest absolute Gasteiger partial charge is 0.489 e. The number of carbonyl (C=O) groups is 1. The molecule has 1 N–H and O–H groups in total. The van der Waals surface area contributed by atoms with Crippen molar-refractivity contribution in [1.29, 1.82) is 0 Å². The summed E-state index contributed by atoms with van der Waals surface area (Å²) in [4.78, 5) is 16.3. The zero-order valence-corrected chi connectivity index (χ0v) is 14.3. The summed E-state index contributed by atoms with van der Waals surface area (Å²) in [7, 11) is 1.53. The van der Waals surface area contributed by atoms with Crippen LogP contribution in [0.2, 0.25) is 0 Å². The zero-order valence-electron chi connectivity index (χ0n) is 14.3. The van der Waals surface area contributed by atoms with Gasteiger partial charge in [0.15, 0.2) is 11.4 Å². The summed E-state index contributed by atoms with van der Waals surface area (Å²) in [5, 5.41) is 2.55. The molecule has 7 heteroatoms. The predicted octanol–water partition coefficient (Wildman–Crippen LogP) is 2.80. The van der Waals surface area contributed by atoms with Crippen LogP contribution in [0, 0.1) is 5.82 Å². The highest BCUT2D eigenvalue weighted by molar-refractivity contribution is 5.95. The highest BCUT2D eigenvalue weighted by Gasteiger charge is 2.33. The van der Waals surface area contributed by atoms with E-state index in [1.807, 2.05) is 0 Å². The Morgan fingerprint density at radius 3 is 2.76 bits per heavy atom. The number of amides is 1. The molecule has 132 valence electrons. The molecule has 0 unspecified atom stereocenters. The molecule has 25 heavy (non-hydrogen) atoms. The molecule has 6 nitrogen and oxygen atoms in total. The van der Waals surface area contributed by atoms with Gasteiger partial charge in [-0.1, -0.05) is 0 Å². The Balaban J connectivity index is 1.90. The molecule has 0 aliphatic carbocycles. The third-order valence-corrected chi connectivity index (χ3v) is 3.79. The fourth-order valence-electron chi connectivity index (χ4n) is 2.45. The van der Waals surface area contributed by atoms with Crippen LogP contribution in [0.25, 0.3) is 0 Å². The minimum atomic E-state index is -0.853. The molecular weight excluding hydrogens is 327 g/mol. The maximum Gasteiger partial charge on any atom is 0.273 e. The molecule has 0 atom stereocenters. The van der Waals surface area contributed by atoms with Crippen LogP contribution in [-0.4, -0.2) is 23.7 Å². The Morgan fingerprint density at radius 2 is 2.08 bits per heavy atom. The highest BCUT2D eigenvalue weighted by Crippen LogP contribution is 2.35. The Labute approximate surface area is 144 Å². The second kappa shape index (κ2) is 6.68. The smallest absolute Gasteiger partial charge is 0.273 e. The zero-order chi connectivity index (χ0) is 18.0. The molecule has 0 spiro atoms. The predicted molar refractivity (Wildman–Crippen MR) is 87.9 cm³/mol. The van der Waals surface area contributed by atoms with Crippen LogP contribution in [0.5, 0.6) is 11.5 Å². The van der Waals surface area contributed by atoms with E-state index in [-0.39, 0.29) is 30.6 Å². The number of carbonyl (C=O) groups excluding carboxylic acids is 1. The first-order valence-electron chi connectivity index (χ1n) is 7.84. The maximum atomic E-state index is 13.0. The number of nitrogens with zero attached hydrogens (tertiary/aromatic N) is 1. The number of pyridine rings is 1. The summed E-state index contributed by atoms with van der Waals surface area (Å²) in [6, 6.07) is 5.74. The molecule has 0 bridgehead atoms. The lowest BCUT2D eigenvalue weighted by Gasteiger charge is -2.34. The van der Waals surface area contributed by atoms with Crippen molar-refractivity contribution in [2.75, 3.05) is 7.05 Å². The lowest BCUT2D eigenvalue weighted by Crippen LogP contribution is -2.37. The minimum Gasteiger partial charge on any atom is -0.489 e. The fraction of sp³-hybridized carbons (Fsp3) is 0.333. The Morgan fingerprint density at radius 1 is 1.36 bits per heavy atom. The van der Waals surface area contributed by atoms with E-state index < -0.39 is 5.79 Å². The van der Waals surface area contributed by atoms with Gasteiger partial charge in [-0.3, -0.25) is 4.79 Å². The molecule has 0 fully saturated rings. The summed E-state index contributed by atoms with van der Waals surface area (Å²) < 4.78 is 30.2. The van der Waals surface area contributed by atoms with Gasteiger partial charge < -0.3 is 19.5 Å². The number of rotatable bonds is 4. The first-order chi connectivity index (χ1) is 11.9. The first-order valence-corrected chi connectivity index (χ1v) is 7.84. The van der Waals surface area contributed by atoms with Crippen molar-refractivity contribution in [3.8, 4) is 11.5 Å². The molecular formula is C18H19FN2O4. The van der Waals surface area contributed by atoms with E-state index in [1.165, 1.54) is 19.2 Å². The topological polar surface area (TPSA) is 69.7 Å². The van der Waals surface area contributed by atoms with Gasteiger partial charge in [-0.05, 0) is 24.3 Å². The van der Waals surface area contributed by atoms with Crippen molar-refractivity contribution in [3.63, 3.8) is 0 Å². The van der Waals surface area contributed by atoms with E-state index >= 15 is 0 Å². The summed E-state index contributed by atoms with van der Waals surface area (Å²) >= 11 is 0. The van der Waals surface area contributed by atoms with E-state index in [4.69, 9.17) is 14.2 Å². The van der Waals surface area contributed by atoms with Crippen LogP contribution in [0.4, 0.5) is 4.39 Å². The molecule has 2 aromatic rings. The number of aromatic nitrogens is 1. The van der Waals surface area contributed by atoms with Gasteiger partial charge in [0.1, 0.15) is 18.2 Å². The van der Waals surface area contributed by atoms with Gasteiger partial charge in [-0.15, -0.1) is 0 Å². The Kier molecular flexibility index (Phi) is 4.59. The van der Waals surface area contributed by atoms with Crippen LogP contribution in [0.15, 0.2) is 30.5 Å². The number of nitrogens with one attached hydrogen (secondary N) is 1. The fourth-order valence-corrected chi connectivity index (χ4v) is 2.45. The standard InChI is InChI=1S/C18H19FN2O4/c1-18(2)24-10-14-11(9-23-13-6-4-12(19)5-7-13)8-21-15(16(14)25-18)17(22)20-3/h4-8H,9-10H2,1-3H3,(H,20,22). The molecule has 1 aliphatic rings. The van der Waals surface area contributed by atoms with Gasteiger partial charge in [0.25, 0.3) is 5.91 Å². The van der Waals surface area contributed by atoms with E-state index in [9.17, 15) is 9.18 Å². The molecule has 0 saturated carbocycles. The molecule has 3 rings (SSSR count). The third-order valence-electron chi connectivity index (χ3n) is 3.79. The summed E-state index contributed by atoms with van der Waals surface area (Å²) in [6.45, 7) is 4.01. The van der Waals surface area contributed by atoms with Gasteiger partial charge in [0.05, 0.1) is 6.61 Å². The number of hydrogen-bond acceptors (Lipinski definition) is 5. The van der Waals surface area contributed by atoms with Gasteiger partial charge in [-0.25, -0.2) is 9.37 Å². The second-order valence-corrected chi connectivity index (χ2v) is 6.05. The number of halogens is 1. The summed E-state index contributed by atoms with van der Waals surface area (Å²) in [5.74, 6) is -0.585. The monoisotopic (exact) mass is 346 g/mol. The number of ether oxygens (including phenoxy) is 3. The van der Waals surface area contributed by atoms with Crippen molar-refractivity contribution in [2.45, 2.75) is 32.8 Å². The Bertz CT molecular complexity index is 790. The van der Waals surface area contributed by atoms with E-state index in [0.717, 1.165) is 11.1 Å². The van der Waals surface area contributed by atoms with Crippen molar-refractivity contribution < 1.29 is 23.4 Å². The van der Waals surface area contributed by atoms with Crippen molar-refractivity contribution in [3.05, 3.63) is 53.1 Å². The van der Waals surface area contributed by atoms with E-state index in [2.05, 4.69) is 10.3 Å². The van der Waals surface area contributed by atoms with Gasteiger partial charge in [0, 0.05) is 38.2 Å². The molecule has 1 aromatic carbocycles. The van der Waals surface area contributed by atoms with Gasteiger partial charge in [0.2, 0.25) is 5.79 Å². The average Bonchev–Trinajstić information content (AvgIpc) is 2.59. The molecule has 0 radical (unpaired) electrons. The third kappa shape index (κ3) is 3.71. The van der Waals surface area contributed by atoms with Crippen molar-refractivity contribution in [1.82, 2.24) is 10.3 Å². The Hall–Kier alpha value is -2.67. The first kappa shape index (κ1) is 17.2. The number of fused-ring (bicyclic) bond motifs is 1. The van der Waals surface area contributed by atoms with Crippen LogP contribution in [-0.2, 0) is 18.0 Å². The lowest BCUT2D eigenvalue weighted by atomic mass is 10.1. The molecule has 0 saturated heterocycles. The van der Waals surface area contributed by atoms with Crippen molar-refractivity contribution in [2.24, 2.45) is 0 Å². The second-order valence-electron chi connectivity index (χ2n) is 6.05. The van der Waals surface area contributed by atoms with Crippen LogP contribution in [0.1, 0.15) is 35.5 Å². The van der Waals surface area contributed by atoms with E-state index in [0.29, 0.717) is 11.5 Å². The van der Waals surface area contributed by atoms with Crippen molar-refractivity contribution >= 4 is 5.91 Å². The van der Waals surface area contributed by atoms with Crippen LogP contribution < -0.4 is 14.8 Å². The lowest BCUT2D eigenvalue weighted by molar-refractivity contribution is -0.180. The average molecular weight is 346 g/mol.